The molecule has 2 heterocycles. The van der Waals surface area contributed by atoms with E-state index in [0.717, 1.165) is 4.90 Å². The van der Waals surface area contributed by atoms with Gasteiger partial charge in [0.1, 0.15) is 24.3 Å². The van der Waals surface area contributed by atoms with Gasteiger partial charge in [0.15, 0.2) is 0 Å². The lowest BCUT2D eigenvalue weighted by atomic mass is 9.91. The lowest BCUT2D eigenvalue weighted by Crippen LogP contribution is -2.44. The number of aromatic nitrogens is 1. The fourth-order valence-corrected chi connectivity index (χ4v) is 3.73. The summed E-state index contributed by atoms with van der Waals surface area (Å²) in [5, 5.41) is 2.50. The molecule has 12 heteroatoms. The van der Waals surface area contributed by atoms with Crippen LogP contribution < -0.4 is 15.8 Å². The summed E-state index contributed by atoms with van der Waals surface area (Å²) >= 11 is 0. The number of alkyl halides is 3. The molecule has 0 spiro atoms. The van der Waals surface area contributed by atoms with Gasteiger partial charge in [-0.05, 0) is 37.8 Å². The molecule has 3 rings (SSSR count). The SMILES string of the molecule is NC(=O)c1cccnc1OC1CCC(N2C(=O)NC(CCOCC(F)(F)F)C2=O)CC1. The fourth-order valence-electron chi connectivity index (χ4n) is 3.73. The summed E-state index contributed by atoms with van der Waals surface area (Å²) in [5.41, 5.74) is 5.50. The van der Waals surface area contributed by atoms with Crippen LogP contribution >= 0.6 is 0 Å². The number of rotatable bonds is 8. The molecule has 9 nitrogen and oxygen atoms in total. The largest absolute Gasteiger partial charge is 0.474 e. The third-order valence-electron chi connectivity index (χ3n) is 5.19. The molecule has 1 aliphatic heterocycles. The number of ether oxygens (including phenoxy) is 2. The zero-order valence-corrected chi connectivity index (χ0v) is 16.6. The van der Waals surface area contributed by atoms with Crippen molar-refractivity contribution in [3.63, 3.8) is 0 Å². The van der Waals surface area contributed by atoms with Gasteiger partial charge in [0.05, 0.1) is 0 Å². The number of hydrogen-bond acceptors (Lipinski definition) is 6. The van der Waals surface area contributed by atoms with Crippen molar-refractivity contribution in [2.24, 2.45) is 5.73 Å². The number of amides is 4. The Hall–Kier alpha value is -2.89. The van der Waals surface area contributed by atoms with Crippen LogP contribution in [0.1, 0.15) is 42.5 Å². The van der Waals surface area contributed by atoms with Crippen LogP contribution in [0.2, 0.25) is 0 Å². The molecular formula is C19H23F3N4O5. The van der Waals surface area contributed by atoms with Gasteiger partial charge in [-0.1, -0.05) is 0 Å². The van der Waals surface area contributed by atoms with Crippen LogP contribution in [0, 0.1) is 0 Å². The molecular weight excluding hydrogens is 421 g/mol. The van der Waals surface area contributed by atoms with E-state index in [4.69, 9.17) is 10.5 Å². The van der Waals surface area contributed by atoms with Gasteiger partial charge in [0.2, 0.25) is 5.88 Å². The maximum atomic E-state index is 12.6. The van der Waals surface area contributed by atoms with Gasteiger partial charge in [0, 0.05) is 25.3 Å². The van der Waals surface area contributed by atoms with Crippen LogP contribution in [0.4, 0.5) is 18.0 Å². The van der Waals surface area contributed by atoms with E-state index >= 15 is 0 Å². The number of nitrogens with one attached hydrogen (secondary N) is 1. The van der Waals surface area contributed by atoms with Gasteiger partial charge < -0.3 is 20.5 Å². The van der Waals surface area contributed by atoms with Crippen LogP contribution in [0.5, 0.6) is 5.88 Å². The number of carbonyl (C=O) groups excluding carboxylic acids is 3. The number of pyridine rings is 1. The monoisotopic (exact) mass is 444 g/mol. The second-order valence-corrected chi connectivity index (χ2v) is 7.44. The van der Waals surface area contributed by atoms with Crippen LogP contribution in [0.25, 0.3) is 0 Å². The standard InChI is InChI=1S/C19H23F3N4O5/c20-19(21,22)10-30-9-7-14-17(28)26(18(29)25-14)11-3-5-12(6-4-11)31-16-13(15(23)27)2-1-8-24-16/h1-2,8,11-12,14H,3-7,9-10H2,(H2,23,27)(H,25,29). The van der Waals surface area contributed by atoms with Gasteiger partial charge in [0.25, 0.3) is 11.8 Å². The Bertz CT molecular complexity index is 827. The minimum atomic E-state index is -4.44. The fraction of sp³-hybridized carbons (Fsp3) is 0.579. The first kappa shape index (κ1) is 22.8. The first-order valence-corrected chi connectivity index (χ1v) is 9.85. The number of nitrogens with zero attached hydrogens (tertiary/aromatic N) is 2. The van der Waals surface area contributed by atoms with Crippen molar-refractivity contribution in [3.8, 4) is 5.88 Å². The highest BCUT2D eigenvalue weighted by atomic mass is 19.4. The normalized spacial score (nSPS) is 24.2. The van der Waals surface area contributed by atoms with Gasteiger partial charge in [-0.15, -0.1) is 0 Å². The average molecular weight is 444 g/mol. The molecule has 2 fully saturated rings. The van der Waals surface area contributed by atoms with Crippen molar-refractivity contribution in [1.82, 2.24) is 15.2 Å². The summed E-state index contributed by atoms with van der Waals surface area (Å²) in [6.45, 7) is -1.69. The summed E-state index contributed by atoms with van der Waals surface area (Å²) in [6.07, 6.45) is -1.23. The molecule has 1 saturated heterocycles. The highest BCUT2D eigenvalue weighted by Crippen LogP contribution is 2.29. The second kappa shape index (κ2) is 9.50. The van der Waals surface area contributed by atoms with Crippen molar-refractivity contribution >= 4 is 17.8 Å². The summed E-state index contributed by atoms with van der Waals surface area (Å²) in [4.78, 5) is 41.5. The summed E-state index contributed by atoms with van der Waals surface area (Å²) in [5.74, 6) is -0.973. The maximum Gasteiger partial charge on any atom is 0.411 e. The summed E-state index contributed by atoms with van der Waals surface area (Å²) in [6, 6.07) is 1.29. The van der Waals surface area contributed by atoms with Crippen molar-refractivity contribution in [2.75, 3.05) is 13.2 Å². The average Bonchev–Trinajstić information content (AvgIpc) is 2.99. The Labute approximate surface area is 176 Å². The van der Waals surface area contributed by atoms with Crippen LogP contribution in [0.3, 0.4) is 0 Å². The Balaban J connectivity index is 1.50. The van der Waals surface area contributed by atoms with Crippen molar-refractivity contribution in [3.05, 3.63) is 23.9 Å². The number of hydrogen-bond donors (Lipinski definition) is 2. The van der Waals surface area contributed by atoms with E-state index in [9.17, 15) is 27.6 Å². The van der Waals surface area contributed by atoms with E-state index < -0.39 is 36.7 Å². The molecule has 1 aliphatic carbocycles. The number of halogens is 3. The number of primary amides is 1. The molecule has 0 aromatic carbocycles. The van der Waals surface area contributed by atoms with Gasteiger partial charge >= 0.3 is 12.2 Å². The van der Waals surface area contributed by atoms with Gasteiger partial charge in [-0.3, -0.25) is 14.5 Å². The first-order chi connectivity index (χ1) is 14.7. The number of imide groups is 1. The number of urea groups is 1. The molecule has 4 amide bonds. The first-order valence-electron chi connectivity index (χ1n) is 9.85. The summed E-state index contributed by atoms with van der Waals surface area (Å²) < 4.78 is 46.7. The topological polar surface area (TPSA) is 124 Å². The molecule has 3 N–H and O–H groups in total. The van der Waals surface area contributed by atoms with Crippen LogP contribution in [0.15, 0.2) is 18.3 Å². The summed E-state index contributed by atoms with van der Waals surface area (Å²) in [7, 11) is 0. The highest BCUT2D eigenvalue weighted by molar-refractivity contribution is 6.04. The van der Waals surface area contributed by atoms with Crippen molar-refractivity contribution < 1.29 is 37.0 Å². The van der Waals surface area contributed by atoms with Crippen LogP contribution in [-0.2, 0) is 9.53 Å². The van der Waals surface area contributed by atoms with E-state index in [0.29, 0.717) is 25.7 Å². The third-order valence-corrected chi connectivity index (χ3v) is 5.19. The molecule has 1 unspecified atom stereocenters. The van der Waals surface area contributed by atoms with Crippen molar-refractivity contribution in [2.45, 2.75) is 56.5 Å². The molecule has 0 bridgehead atoms. The number of nitrogens with two attached hydrogens (primary N) is 1. The minimum Gasteiger partial charge on any atom is -0.474 e. The Morgan fingerprint density at radius 3 is 2.61 bits per heavy atom. The second-order valence-electron chi connectivity index (χ2n) is 7.44. The minimum absolute atomic E-state index is 0.0365. The zero-order chi connectivity index (χ0) is 22.6. The van der Waals surface area contributed by atoms with E-state index in [2.05, 4.69) is 15.0 Å². The molecule has 1 aromatic rings. The molecule has 1 aromatic heterocycles. The maximum absolute atomic E-state index is 12.6. The molecule has 170 valence electrons. The Kier molecular flexibility index (Phi) is 6.98. The Morgan fingerprint density at radius 2 is 1.97 bits per heavy atom. The lowest BCUT2D eigenvalue weighted by molar-refractivity contribution is -0.174. The zero-order valence-electron chi connectivity index (χ0n) is 16.6. The molecule has 31 heavy (non-hydrogen) atoms. The van der Waals surface area contributed by atoms with Gasteiger partial charge in [-0.2, -0.15) is 13.2 Å². The van der Waals surface area contributed by atoms with Crippen molar-refractivity contribution in [1.29, 1.82) is 0 Å². The smallest absolute Gasteiger partial charge is 0.411 e. The molecule has 1 atom stereocenters. The third kappa shape index (κ3) is 5.84. The molecule has 0 radical (unpaired) electrons. The predicted molar refractivity (Wildman–Crippen MR) is 100 cm³/mol. The highest BCUT2D eigenvalue weighted by Gasteiger charge is 2.43. The number of carbonyl (C=O) groups is 3. The Morgan fingerprint density at radius 1 is 1.26 bits per heavy atom. The van der Waals surface area contributed by atoms with E-state index in [1.54, 1.807) is 6.07 Å². The predicted octanol–water partition coefficient (Wildman–Crippen LogP) is 1.76. The lowest BCUT2D eigenvalue weighted by Gasteiger charge is -2.33. The quantitative estimate of drug-likeness (QED) is 0.465. The van der Waals surface area contributed by atoms with E-state index in [1.807, 2.05) is 0 Å². The van der Waals surface area contributed by atoms with Crippen LogP contribution in [-0.4, -0.2) is 65.3 Å². The van der Waals surface area contributed by atoms with Gasteiger partial charge in [-0.25, -0.2) is 9.78 Å². The van der Waals surface area contributed by atoms with E-state index in [-0.39, 0.29) is 36.6 Å². The molecule has 1 saturated carbocycles. The molecule has 2 aliphatic rings. The van der Waals surface area contributed by atoms with E-state index in [1.165, 1.54) is 12.3 Å².